The first-order valence-corrected chi connectivity index (χ1v) is 13.2. The van der Waals surface area contributed by atoms with Gasteiger partial charge < -0.3 is 20.3 Å². The van der Waals surface area contributed by atoms with Crippen LogP contribution >= 0.6 is 0 Å². The average Bonchev–Trinajstić information content (AvgIpc) is 3.16. The molecule has 5 rings (SSSR count). The number of ether oxygens (including phenoxy) is 1. The molecule has 1 aromatic carbocycles. The second-order valence-electron chi connectivity index (χ2n) is 10.8. The maximum Gasteiger partial charge on any atom is 0.255 e. The number of rotatable bonds is 6. The van der Waals surface area contributed by atoms with Gasteiger partial charge in [-0.1, -0.05) is 31.6 Å². The predicted molar refractivity (Wildman–Crippen MR) is 132 cm³/mol. The van der Waals surface area contributed by atoms with E-state index in [4.69, 9.17) is 4.74 Å². The molecule has 6 heteroatoms. The zero-order valence-corrected chi connectivity index (χ0v) is 20.5. The number of methoxy groups -OCH3 is 1. The van der Waals surface area contributed by atoms with Crippen LogP contribution in [0.1, 0.15) is 85.7 Å². The van der Waals surface area contributed by atoms with Gasteiger partial charge in [-0.3, -0.25) is 9.59 Å². The van der Waals surface area contributed by atoms with Gasteiger partial charge in [0.2, 0.25) is 5.91 Å². The Kier molecular flexibility index (Phi) is 7.07. The van der Waals surface area contributed by atoms with Crippen LogP contribution in [0.25, 0.3) is 0 Å². The number of hydrogen-bond donors (Lipinski definition) is 2. The Bertz CT molecular complexity index is 937. The van der Waals surface area contributed by atoms with E-state index in [1.54, 1.807) is 4.90 Å². The van der Waals surface area contributed by atoms with Gasteiger partial charge in [0.05, 0.1) is 6.10 Å². The lowest BCUT2D eigenvalue weighted by molar-refractivity contribution is -0.126. The molecule has 1 aromatic rings. The highest BCUT2D eigenvalue weighted by atomic mass is 16.5. The lowest BCUT2D eigenvalue weighted by Crippen LogP contribution is -2.49. The highest BCUT2D eigenvalue weighted by Crippen LogP contribution is 2.33. The molecule has 2 aliphatic carbocycles. The third kappa shape index (κ3) is 4.94. The van der Waals surface area contributed by atoms with Crippen molar-refractivity contribution in [2.45, 2.75) is 101 Å². The van der Waals surface area contributed by atoms with E-state index in [1.807, 2.05) is 13.2 Å². The van der Waals surface area contributed by atoms with Crippen LogP contribution in [0.2, 0.25) is 0 Å². The van der Waals surface area contributed by atoms with Crippen LogP contribution < -0.4 is 10.6 Å². The standard InChI is InChI=1S/C28H39N3O3/c1-18-7-14-26(27(32)29-18)31-17-21-16-19(8-13-24(21)28(31)33)15-20-5-3-4-6-25(20)30-22-9-11-23(34-2)12-10-22/h8,13,16,20,22-23,25-26,30H,1,3-7,9-12,14-15,17H2,2H3,(H,29,32)/t20-,22-,23+,25+,26?/m1/s1. The maximum atomic E-state index is 13.0. The van der Waals surface area contributed by atoms with Gasteiger partial charge in [0.1, 0.15) is 6.04 Å². The van der Waals surface area contributed by atoms with Gasteiger partial charge in [0.15, 0.2) is 0 Å². The summed E-state index contributed by atoms with van der Waals surface area (Å²) in [5.74, 6) is 0.515. The van der Waals surface area contributed by atoms with Crippen molar-refractivity contribution < 1.29 is 14.3 Å². The Morgan fingerprint density at radius 1 is 1.09 bits per heavy atom. The number of allylic oxidation sites excluding steroid dienone is 1. The van der Waals surface area contributed by atoms with E-state index in [-0.39, 0.29) is 11.8 Å². The molecule has 3 atom stereocenters. The summed E-state index contributed by atoms with van der Waals surface area (Å²) in [5.41, 5.74) is 3.89. The van der Waals surface area contributed by atoms with Gasteiger partial charge in [-0.15, -0.1) is 0 Å². The van der Waals surface area contributed by atoms with Crippen molar-refractivity contribution in [1.29, 1.82) is 0 Å². The summed E-state index contributed by atoms with van der Waals surface area (Å²) in [6.07, 6.45) is 12.7. The largest absolute Gasteiger partial charge is 0.381 e. The number of nitrogens with zero attached hydrogens (tertiary/aromatic N) is 1. The summed E-state index contributed by atoms with van der Waals surface area (Å²) < 4.78 is 5.55. The van der Waals surface area contributed by atoms with Crippen LogP contribution in [0.15, 0.2) is 30.5 Å². The molecular weight excluding hydrogens is 426 g/mol. The zero-order valence-electron chi connectivity index (χ0n) is 20.5. The van der Waals surface area contributed by atoms with Crippen molar-refractivity contribution >= 4 is 11.8 Å². The molecule has 2 aliphatic heterocycles. The fraction of sp³-hybridized carbons (Fsp3) is 0.643. The van der Waals surface area contributed by atoms with Crippen molar-refractivity contribution in [2.75, 3.05) is 7.11 Å². The maximum absolute atomic E-state index is 13.0. The average molecular weight is 466 g/mol. The van der Waals surface area contributed by atoms with E-state index >= 15 is 0 Å². The summed E-state index contributed by atoms with van der Waals surface area (Å²) in [6.45, 7) is 4.38. The first-order chi connectivity index (χ1) is 16.5. The number of amides is 2. The van der Waals surface area contributed by atoms with E-state index in [9.17, 15) is 9.59 Å². The molecule has 1 unspecified atom stereocenters. The van der Waals surface area contributed by atoms with Crippen molar-refractivity contribution in [1.82, 2.24) is 15.5 Å². The molecular formula is C28H39N3O3. The van der Waals surface area contributed by atoms with Gasteiger partial charge in [0, 0.05) is 37.0 Å². The van der Waals surface area contributed by atoms with Gasteiger partial charge in [0.25, 0.3) is 5.91 Å². The number of hydrogen-bond acceptors (Lipinski definition) is 4. The van der Waals surface area contributed by atoms with Crippen molar-refractivity contribution in [3.63, 3.8) is 0 Å². The molecule has 0 aromatic heterocycles. The van der Waals surface area contributed by atoms with Gasteiger partial charge in [-0.25, -0.2) is 0 Å². The zero-order chi connectivity index (χ0) is 23.7. The minimum atomic E-state index is -0.394. The third-order valence-electron chi connectivity index (χ3n) is 8.56. The second-order valence-corrected chi connectivity index (χ2v) is 10.8. The third-order valence-corrected chi connectivity index (χ3v) is 8.56. The number of nitrogens with one attached hydrogen (secondary N) is 2. The Labute approximate surface area is 203 Å². The first kappa shape index (κ1) is 23.6. The van der Waals surface area contributed by atoms with E-state index in [1.165, 1.54) is 44.1 Å². The summed E-state index contributed by atoms with van der Waals surface area (Å²) in [7, 11) is 1.83. The molecule has 3 fully saturated rings. The summed E-state index contributed by atoms with van der Waals surface area (Å²) >= 11 is 0. The number of benzene rings is 1. The molecule has 2 amide bonds. The number of fused-ring (bicyclic) bond motifs is 1. The summed E-state index contributed by atoms with van der Waals surface area (Å²) in [6, 6.07) is 7.14. The Morgan fingerprint density at radius 2 is 1.88 bits per heavy atom. The number of carbonyl (C=O) groups is 2. The smallest absolute Gasteiger partial charge is 0.255 e. The first-order valence-electron chi connectivity index (χ1n) is 13.2. The van der Waals surface area contributed by atoms with Crippen LogP contribution in [-0.4, -0.2) is 48.1 Å². The summed E-state index contributed by atoms with van der Waals surface area (Å²) in [5, 5.41) is 6.84. The molecule has 2 saturated carbocycles. The minimum Gasteiger partial charge on any atom is -0.381 e. The quantitative estimate of drug-likeness (QED) is 0.664. The fourth-order valence-electron chi connectivity index (χ4n) is 6.58. The Balaban J connectivity index is 1.23. The van der Waals surface area contributed by atoms with E-state index in [0.29, 0.717) is 37.1 Å². The van der Waals surface area contributed by atoms with Gasteiger partial charge >= 0.3 is 0 Å². The fourth-order valence-corrected chi connectivity index (χ4v) is 6.58. The monoisotopic (exact) mass is 465 g/mol. The highest BCUT2D eigenvalue weighted by molar-refractivity contribution is 6.01. The van der Waals surface area contributed by atoms with Crippen LogP contribution in [0.5, 0.6) is 0 Å². The lowest BCUT2D eigenvalue weighted by atomic mass is 9.79. The number of carbonyl (C=O) groups excluding carboxylic acids is 2. The second kappa shape index (κ2) is 10.2. The molecule has 0 spiro atoms. The van der Waals surface area contributed by atoms with Crippen LogP contribution in [0.4, 0.5) is 0 Å². The molecule has 6 nitrogen and oxygen atoms in total. The molecule has 0 radical (unpaired) electrons. The summed E-state index contributed by atoms with van der Waals surface area (Å²) in [4.78, 5) is 27.3. The van der Waals surface area contributed by atoms with Gasteiger partial charge in [-0.2, -0.15) is 0 Å². The predicted octanol–water partition coefficient (Wildman–Crippen LogP) is 4.08. The highest BCUT2D eigenvalue weighted by Gasteiger charge is 2.38. The number of piperidine rings is 1. The topological polar surface area (TPSA) is 70.7 Å². The van der Waals surface area contributed by atoms with Gasteiger partial charge in [-0.05, 0) is 80.9 Å². The molecule has 4 aliphatic rings. The van der Waals surface area contributed by atoms with E-state index in [0.717, 1.165) is 42.5 Å². The van der Waals surface area contributed by atoms with Crippen molar-refractivity contribution in [3.8, 4) is 0 Å². The molecule has 1 saturated heterocycles. The minimum absolute atomic E-state index is 0.0157. The van der Waals surface area contributed by atoms with E-state index < -0.39 is 6.04 Å². The Hall–Kier alpha value is -2.18. The van der Waals surface area contributed by atoms with E-state index in [2.05, 4.69) is 29.3 Å². The van der Waals surface area contributed by atoms with Crippen LogP contribution in [0, 0.1) is 5.92 Å². The SMILES string of the molecule is C=C1CCC(N2Cc3cc(C[C@H]4CCCC[C@@H]4N[C@H]4CC[C@@H](OC)CC4)ccc3C2=O)C(=O)N1. The molecule has 2 N–H and O–H groups in total. The van der Waals surface area contributed by atoms with Crippen molar-refractivity contribution in [2.24, 2.45) is 5.92 Å². The van der Waals surface area contributed by atoms with Crippen molar-refractivity contribution in [3.05, 3.63) is 47.2 Å². The van der Waals surface area contributed by atoms with Crippen LogP contribution in [0.3, 0.4) is 0 Å². The molecule has 2 heterocycles. The Morgan fingerprint density at radius 3 is 2.65 bits per heavy atom. The molecule has 184 valence electrons. The normalized spacial score (nSPS) is 32.0. The van der Waals surface area contributed by atoms with Crippen LogP contribution in [-0.2, 0) is 22.5 Å². The lowest BCUT2D eigenvalue weighted by Gasteiger charge is -2.37. The molecule has 0 bridgehead atoms. The molecule has 34 heavy (non-hydrogen) atoms.